The Morgan fingerprint density at radius 2 is 0.911 bits per heavy atom. The third kappa shape index (κ3) is 4.91. The van der Waals surface area contributed by atoms with E-state index in [2.05, 4.69) is 0 Å². The maximum atomic E-state index is 12.7. The predicted molar refractivity (Wildman–Crippen MR) is 155 cm³/mol. The topological polar surface area (TPSA) is 241 Å². The molecule has 0 atom stereocenters. The van der Waals surface area contributed by atoms with E-state index in [0.29, 0.717) is 0 Å². The standard InChI is InChI=1S/C31H20O14/c32-14-7-18(36)24-22(9-14)44-30(28(40)26(24)38)12-1-3-16(34)20(5-12)42-11-43-21-6-13(2-4-17(21)35)31-29(41)27(39)25-19(37)8-15(33)10-23(25)45-31/h1-10,32-37,40-41H,11H2. The summed E-state index contributed by atoms with van der Waals surface area (Å²) < 4.78 is 22.1. The largest absolute Gasteiger partial charge is 0.508 e. The quantitative estimate of drug-likeness (QED) is 0.122. The fourth-order valence-corrected chi connectivity index (χ4v) is 4.64. The molecular formula is C31H20O14. The van der Waals surface area contributed by atoms with Gasteiger partial charge in [0.15, 0.2) is 34.5 Å². The SMILES string of the molecule is O=c1c(O)c(-c2ccc(O)c(OCOc3cc(-c4oc5cc(O)cc(O)c5c(=O)c4O)ccc3O)c2)oc2cc(O)cc(O)c12. The Balaban J connectivity index is 1.28. The van der Waals surface area contributed by atoms with Crippen LogP contribution in [0.25, 0.3) is 44.6 Å². The number of hydrogen-bond acceptors (Lipinski definition) is 14. The van der Waals surface area contributed by atoms with Crippen LogP contribution in [0.4, 0.5) is 0 Å². The molecule has 0 aliphatic heterocycles. The molecule has 0 aliphatic carbocycles. The van der Waals surface area contributed by atoms with Crippen LogP contribution in [0.1, 0.15) is 0 Å². The Labute approximate surface area is 249 Å². The van der Waals surface area contributed by atoms with E-state index in [0.717, 1.165) is 24.3 Å². The summed E-state index contributed by atoms with van der Waals surface area (Å²) in [6.45, 7) is -0.626. The van der Waals surface area contributed by atoms with Crippen LogP contribution in [0, 0.1) is 0 Å². The summed E-state index contributed by atoms with van der Waals surface area (Å²) in [7, 11) is 0. The molecule has 14 nitrogen and oxygen atoms in total. The highest BCUT2D eigenvalue weighted by atomic mass is 16.7. The van der Waals surface area contributed by atoms with Gasteiger partial charge in [0.2, 0.25) is 29.1 Å². The van der Waals surface area contributed by atoms with Crippen molar-refractivity contribution in [1.82, 2.24) is 0 Å². The summed E-state index contributed by atoms with van der Waals surface area (Å²) in [6, 6.07) is 11.3. The first kappa shape index (κ1) is 28.4. The van der Waals surface area contributed by atoms with Crippen LogP contribution < -0.4 is 20.3 Å². The number of benzene rings is 4. The summed E-state index contributed by atoms with van der Waals surface area (Å²) in [6.07, 6.45) is 0. The molecule has 0 unspecified atom stereocenters. The number of phenolic OH excluding ortho intramolecular Hbond substituents is 6. The molecule has 0 saturated carbocycles. The van der Waals surface area contributed by atoms with Crippen molar-refractivity contribution in [1.29, 1.82) is 0 Å². The Bertz CT molecular complexity index is 2120. The molecule has 0 fully saturated rings. The van der Waals surface area contributed by atoms with Crippen LogP contribution in [0.3, 0.4) is 0 Å². The summed E-state index contributed by atoms with van der Waals surface area (Å²) in [5.74, 6) is -5.58. The van der Waals surface area contributed by atoms with Crippen molar-refractivity contribution in [3.8, 4) is 80.1 Å². The smallest absolute Gasteiger partial charge is 0.238 e. The average molecular weight is 616 g/mol. The van der Waals surface area contributed by atoms with Gasteiger partial charge < -0.3 is 59.2 Å². The normalized spacial score (nSPS) is 11.2. The predicted octanol–water partition coefficient (Wildman–Crippen LogP) is 4.29. The van der Waals surface area contributed by atoms with Crippen LogP contribution in [0.2, 0.25) is 0 Å². The van der Waals surface area contributed by atoms with E-state index in [9.17, 15) is 50.4 Å². The first-order chi connectivity index (χ1) is 21.4. The van der Waals surface area contributed by atoms with Gasteiger partial charge in [0.25, 0.3) is 0 Å². The molecule has 0 radical (unpaired) electrons. The van der Waals surface area contributed by atoms with Gasteiger partial charge in [-0.3, -0.25) is 9.59 Å². The zero-order chi connectivity index (χ0) is 32.2. The summed E-state index contributed by atoms with van der Waals surface area (Å²) in [5, 5.41) is 80.5. The molecule has 2 aromatic heterocycles. The lowest BCUT2D eigenvalue weighted by atomic mass is 10.1. The van der Waals surface area contributed by atoms with Crippen molar-refractivity contribution in [3.63, 3.8) is 0 Å². The monoisotopic (exact) mass is 616 g/mol. The molecule has 0 saturated heterocycles. The Hall–Kier alpha value is -6.70. The van der Waals surface area contributed by atoms with Crippen molar-refractivity contribution in [2.24, 2.45) is 0 Å². The minimum Gasteiger partial charge on any atom is -0.508 e. The minimum atomic E-state index is -0.972. The van der Waals surface area contributed by atoms with E-state index < -0.39 is 52.1 Å². The number of aromatic hydroxyl groups is 8. The number of phenols is 6. The number of rotatable bonds is 6. The van der Waals surface area contributed by atoms with E-state index in [4.69, 9.17) is 18.3 Å². The van der Waals surface area contributed by atoms with Crippen LogP contribution in [-0.2, 0) is 0 Å². The van der Waals surface area contributed by atoms with E-state index in [1.807, 2.05) is 0 Å². The zero-order valence-electron chi connectivity index (χ0n) is 22.5. The van der Waals surface area contributed by atoms with Crippen molar-refractivity contribution in [3.05, 3.63) is 81.1 Å². The minimum absolute atomic E-state index is 0.0610. The summed E-state index contributed by atoms with van der Waals surface area (Å²) in [5.41, 5.74) is -2.26. The van der Waals surface area contributed by atoms with Crippen molar-refractivity contribution >= 4 is 21.9 Å². The zero-order valence-corrected chi connectivity index (χ0v) is 22.5. The summed E-state index contributed by atoms with van der Waals surface area (Å²) >= 11 is 0. The second kappa shape index (κ2) is 10.5. The average Bonchev–Trinajstić information content (AvgIpc) is 2.98. The van der Waals surface area contributed by atoms with E-state index in [1.54, 1.807) is 0 Å². The van der Waals surface area contributed by atoms with E-state index in [-0.39, 0.29) is 67.6 Å². The maximum absolute atomic E-state index is 12.7. The van der Waals surface area contributed by atoms with Gasteiger partial charge in [0.1, 0.15) is 44.9 Å². The fraction of sp³-hybridized carbons (Fsp3) is 0.0323. The molecule has 8 N–H and O–H groups in total. The van der Waals surface area contributed by atoms with Crippen molar-refractivity contribution in [2.45, 2.75) is 0 Å². The van der Waals surface area contributed by atoms with Crippen LogP contribution in [0.5, 0.6) is 57.5 Å². The molecule has 45 heavy (non-hydrogen) atoms. The highest BCUT2D eigenvalue weighted by Crippen LogP contribution is 2.40. The highest BCUT2D eigenvalue weighted by Gasteiger charge is 2.22. The molecule has 0 bridgehead atoms. The van der Waals surface area contributed by atoms with Crippen LogP contribution in [0.15, 0.2) is 79.1 Å². The number of fused-ring (bicyclic) bond motifs is 2. The second-order valence-electron chi connectivity index (χ2n) is 9.67. The lowest BCUT2D eigenvalue weighted by Gasteiger charge is -2.13. The third-order valence-electron chi connectivity index (χ3n) is 6.74. The first-order valence-corrected chi connectivity index (χ1v) is 12.8. The van der Waals surface area contributed by atoms with Gasteiger partial charge in [-0.25, -0.2) is 0 Å². The molecule has 14 heteroatoms. The van der Waals surface area contributed by atoms with E-state index >= 15 is 0 Å². The Kier molecular flexibility index (Phi) is 6.65. The summed E-state index contributed by atoms with van der Waals surface area (Å²) in [4.78, 5) is 25.4. The fourth-order valence-electron chi connectivity index (χ4n) is 4.64. The maximum Gasteiger partial charge on any atom is 0.238 e. The molecule has 2 heterocycles. The molecular weight excluding hydrogens is 596 g/mol. The lowest BCUT2D eigenvalue weighted by Crippen LogP contribution is -2.07. The Morgan fingerprint density at radius 1 is 0.511 bits per heavy atom. The number of ether oxygens (including phenoxy) is 2. The molecule has 228 valence electrons. The lowest BCUT2D eigenvalue weighted by molar-refractivity contribution is 0.113. The van der Waals surface area contributed by atoms with E-state index in [1.165, 1.54) is 36.4 Å². The van der Waals surface area contributed by atoms with Gasteiger partial charge in [0, 0.05) is 35.4 Å². The molecule has 6 rings (SSSR count). The van der Waals surface area contributed by atoms with Gasteiger partial charge in [-0.05, 0) is 36.4 Å². The van der Waals surface area contributed by atoms with Gasteiger partial charge in [-0.2, -0.15) is 0 Å². The van der Waals surface area contributed by atoms with Gasteiger partial charge in [-0.1, -0.05) is 0 Å². The third-order valence-corrected chi connectivity index (χ3v) is 6.74. The van der Waals surface area contributed by atoms with Crippen LogP contribution >= 0.6 is 0 Å². The first-order valence-electron chi connectivity index (χ1n) is 12.8. The van der Waals surface area contributed by atoms with Gasteiger partial charge >= 0.3 is 0 Å². The molecule has 6 aromatic rings. The van der Waals surface area contributed by atoms with Gasteiger partial charge in [0.05, 0.1) is 0 Å². The number of hydrogen-bond donors (Lipinski definition) is 8. The van der Waals surface area contributed by atoms with Crippen molar-refractivity contribution < 1.29 is 59.2 Å². The second-order valence-corrected chi connectivity index (χ2v) is 9.67. The van der Waals surface area contributed by atoms with Crippen LogP contribution in [-0.4, -0.2) is 47.6 Å². The Morgan fingerprint density at radius 3 is 1.31 bits per heavy atom. The molecule has 0 amide bonds. The highest BCUT2D eigenvalue weighted by molar-refractivity contribution is 5.89. The molecule has 0 spiro atoms. The van der Waals surface area contributed by atoms with Crippen molar-refractivity contribution in [2.75, 3.05) is 6.79 Å². The molecule has 0 aliphatic rings. The van der Waals surface area contributed by atoms with Gasteiger partial charge in [-0.15, -0.1) is 0 Å². The molecule has 4 aromatic carbocycles.